The predicted molar refractivity (Wildman–Crippen MR) is 76.4 cm³/mol. The molecule has 1 unspecified atom stereocenters. The highest BCUT2D eigenvalue weighted by molar-refractivity contribution is 5.50. The fourth-order valence-corrected chi connectivity index (χ4v) is 1.82. The summed E-state index contributed by atoms with van der Waals surface area (Å²) in [5.74, 6) is 0. The van der Waals surface area contributed by atoms with Gasteiger partial charge in [-0.25, -0.2) is 0 Å². The fourth-order valence-electron chi connectivity index (χ4n) is 1.82. The summed E-state index contributed by atoms with van der Waals surface area (Å²) in [6.45, 7) is 2.07. The van der Waals surface area contributed by atoms with Gasteiger partial charge in [-0.15, -0.1) is 0 Å². The van der Waals surface area contributed by atoms with Crippen molar-refractivity contribution in [3.8, 4) is 0 Å². The lowest BCUT2D eigenvalue weighted by atomic mass is 10.1. The van der Waals surface area contributed by atoms with Crippen LogP contribution in [0.5, 0.6) is 0 Å². The standard InChI is InChI=1S/C17H18O/c1-14-7-9-15(10-8-14)11-12-17(18)13-16-5-3-2-4-6-16/h2-12,17-18H,13H2,1H3. The van der Waals surface area contributed by atoms with Gasteiger partial charge in [-0.3, -0.25) is 0 Å². The summed E-state index contributed by atoms with van der Waals surface area (Å²) in [7, 11) is 0. The van der Waals surface area contributed by atoms with E-state index in [9.17, 15) is 5.11 Å². The molecule has 0 aliphatic rings. The molecule has 2 aromatic rings. The topological polar surface area (TPSA) is 20.2 Å². The molecule has 0 saturated carbocycles. The van der Waals surface area contributed by atoms with Gasteiger partial charge in [0.25, 0.3) is 0 Å². The van der Waals surface area contributed by atoms with Gasteiger partial charge in [-0.05, 0) is 18.1 Å². The van der Waals surface area contributed by atoms with Crippen LogP contribution >= 0.6 is 0 Å². The van der Waals surface area contributed by atoms with E-state index in [0.29, 0.717) is 6.42 Å². The van der Waals surface area contributed by atoms with Crippen molar-refractivity contribution in [2.75, 3.05) is 0 Å². The number of aliphatic hydroxyl groups excluding tert-OH is 1. The maximum atomic E-state index is 9.93. The molecule has 0 heterocycles. The van der Waals surface area contributed by atoms with E-state index < -0.39 is 6.10 Å². The average molecular weight is 238 g/mol. The minimum absolute atomic E-state index is 0.436. The summed E-state index contributed by atoms with van der Waals surface area (Å²) < 4.78 is 0. The van der Waals surface area contributed by atoms with Gasteiger partial charge < -0.3 is 5.11 Å². The summed E-state index contributed by atoms with van der Waals surface area (Å²) in [5, 5.41) is 9.93. The molecule has 1 nitrogen and oxygen atoms in total. The Kier molecular flexibility index (Phi) is 4.32. The van der Waals surface area contributed by atoms with E-state index in [1.807, 2.05) is 42.5 Å². The zero-order valence-electron chi connectivity index (χ0n) is 10.6. The number of aliphatic hydroxyl groups is 1. The van der Waals surface area contributed by atoms with Crippen molar-refractivity contribution in [1.82, 2.24) is 0 Å². The van der Waals surface area contributed by atoms with Crippen LogP contribution in [-0.4, -0.2) is 11.2 Å². The number of hydrogen-bond acceptors (Lipinski definition) is 1. The first-order chi connectivity index (χ1) is 8.74. The summed E-state index contributed by atoms with van der Waals surface area (Å²) in [6, 6.07) is 18.3. The van der Waals surface area contributed by atoms with E-state index in [4.69, 9.17) is 0 Å². The largest absolute Gasteiger partial charge is 0.389 e. The maximum absolute atomic E-state index is 9.93. The van der Waals surface area contributed by atoms with Crippen molar-refractivity contribution >= 4 is 6.08 Å². The quantitative estimate of drug-likeness (QED) is 0.862. The second-order valence-electron chi connectivity index (χ2n) is 4.53. The van der Waals surface area contributed by atoms with E-state index in [1.54, 1.807) is 0 Å². The van der Waals surface area contributed by atoms with Gasteiger partial charge in [0, 0.05) is 6.42 Å². The maximum Gasteiger partial charge on any atom is 0.0764 e. The molecule has 0 aliphatic carbocycles. The van der Waals surface area contributed by atoms with Crippen LogP contribution in [0.1, 0.15) is 16.7 Å². The smallest absolute Gasteiger partial charge is 0.0764 e. The zero-order chi connectivity index (χ0) is 12.8. The molecule has 0 spiro atoms. The zero-order valence-corrected chi connectivity index (χ0v) is 10.6. The predicted octanol–water partition coefficient (Wildman–Crippen LogP) is 3.61. The Morgan fingerprint density at radius 3 is 2.33 bits per heavy atom. The van der Waals surface area contributed by atoms with Crippen LogP contribution in [0, 0.1) is 6.92 Å². The molecule has 0 fully saturated rings. The lowest BCUT2D eigenvalue weighted by molar-refractivity contribution is 0.224. The van der Waals surface area contributed by atoms with E-state index >= 15 is 0 Å². The first kappa shape index (κ1) is 12.6. The molecule has 2 aromatic carbocycles. The molecule has 0 aromatic heterocycles. The molecule has 0 saturated heterocycles. The van der Waals surface area contributed by atoms with Crippen LogP contribution in [0.3, 0.4) is 0 Å². The van der Waals surface area contributed by atoms with Crippen LogP contribution in [0.15, 0.2) is 60.7 Å². The van der Waals surface area contributed by atoms with Crippen molar-refractivity contribution < 1.29 is 5.11 Å². The van der Waals surface area contributed by atoms with Crippen LogP contribution in [-0.2, 0) is 6.42 Å². The number of benzene rings is 2. The van der Waals surface area contributed by atoms with Gasteiger partial charge in [0.1, 0.15) is 0 Å². The second kappa shape index (κ2) is 6.18. The van der Waals surface area contributed by atoms with E-state index in [-0.39, 0.29) is 0 Å². The summed E-state index contributed by atoms with van der Waals surface area (Å²) in [6.07, 6.45) is 4.03. The molecule has 0 bridgehead atoms. The van der Waals surface area contributed by atoms with Crippen LogP contribution in [0.4, 0.5) is 0 Å². The van der Waals surface area contributed by atoms with E-state index in [0.717, 1.165) is 11.1 Å². The normalized spacial score (nSPS) is 12.8. The molecule has 0 radical (unpaired) electrons. The van der Waals surface area contributed by atoms with E-state index in [1.165, 1.54) is 5.56 Å². The third kappa shape index (κ3) is 3.86. The third-order valence-electron chi connectivity index (χ3n) is 2.88. The lowest BCUT2D eigenvalue weighted by Gasteiger charge is -2.05. The Bertz CT molecular complexity index is 497. The lowest BCUT2D eigenvalue weighted by Crippen LogP contribution is -2.06. The average Bonchev–Trinajstić information content (AvgIpc) is 2.39. The summed E-state index contributed by atoms with van der Waals surface area (Å²) in [5.41, 5.74) is 3.52. The fraction of sp³-hybridized carbons (Fsp3) is 0.176. The third-order valence-corrected chi connectivity index (χ3v) is 2.88. The molecular formula is C17H18O. The van der Waals surface area contributed by atoms with Crippen molar-refractivity contribution in [2.45, 2.75) is 19.4 Å². The molecule has 2 rings (SSSR count). The highest BCUT2D eigenvalue weighted by Crippen LogP contribution is 2.08. The van der Waals surface area contributed by atoms with Crippen molar-refractivity contribution in [2.24, 2.45) is 0 Å². The number of aryl methyl sites for hydroxylation is 1. The number of rotatable bonds is 4. The summed E-state index contributed by atoms with van der Waals surface area (Å²) >= 11 is 0. The van der Waals surface area contributed by atoms with Crippen molar-refractivity contribution in [3.05, 3.63) is 77.4 Å². The second-order valence-corrected chi connectivity index (χ2v) is 4.53. The minimum Gasteiger partial charge on any atom is -0.389 e. The van der Waals surface area contributed by atoms with Crippen molar-refractivity contribution in [3.63, 3.8) is 0 Å². The number of hydrogen-bond donors (Lipinski definition) is 1. The van der Waals surface area contributed by atoms with Gasteiger partial charge in [0.05, 0.1) is 6.10 Å². The highest BCUT2D eigenvalue weighted by atomic mass is 16.3. The Balaban J connectivity index is 1.95. The monoisotopic (exact) mass is 238 g/mol. The molecular weight excluding hydrogens is 220 g/mol. The minimum atomic E-state index is -0.436. The van der Waals surface area contributed by atoms with Crippen LogP contribution < -0.4 is 0 Å². The molecule has 0 aliphatic heterocycles. The highest BCUT2D eigenvalue weighted by Gasteiger charge is 2.00. The Hall–Kier alpha value is -1.86. The summed E-state index contributed by atoms with van der Waals surface area (Å²) in [4.78, 5) is 0. The van der Waals surface area contributed by atoms with Gasteiger partial charge in [0.2, 0.25) is 0 Å². The van der Waals surface area contributed by atoms with Crippen molar-refractivity contribution in [1.29, 1.82) is 0 Å². The first-order valence-corrected chi connectivity index (χ1v) is 6.21. The molecule has 1 N–H and O–H groups in total. The Labute approximate surface area is 108 Å². The van der Waals surface area contributed by atoms with Gasteiger partial charge in [-0.1, -0.05) is 72.3 Å². The SMILES string of the molecule is Cc1ccc(C=CC(O)Cc2ccccc2)cc1. The molecule has 18 heavy (non-hydrogen) atoms. The molecule has 0 amide bonds. The van der Waals surface area contributed by atoms with Crippen LogP contribution in [0.25, 0.3) is 6.08 Å². The molecule has 92 valence electrons. The van der Waals surface area contributed by atoms with Gasteiger partial charge in [0.15, 0.2) is 0 Å². The van der Waals surface area contributed by atoms with E-state index in [2.05, 4.69) is 31.2 Å². The first-order valence-electron chi connectivity index (χ1n) is 6.21. The molecule has 1 atom stereocenters. The Morgan fingerprint density at radius 2 is 1.67 bits per heavy atom. The van der Waals surface area contributed by atoms with Gasteiger partial charge in [-0.2, -0.15) is 0 Å². The van der Waals surface area contributed by atoms with Crippen LogP contribution in [0.2, 0.25) is 0 Å². The van der Waals surface area contributed by atoms with Gasteiger partial charge >= 0.3 is 0 Å². The molecule has 1 heteroatoms. The Morgan fingerprint density at radius 1 is 1.00 bits per heavy atom.